The van der Waals surface area contributed by atoms with Crippen LogP contribution >= 0.6 is 22.9 Å². The van der Waals surface area contributed by atoms with Crippen LogP contribution in [0.5, 0.6) is 0 Å². The number of halogens is 2. The molecule has 4 rings (SSSR count). The van der Waals surface area contributed by atoms with Crippen LogP contribution in [0.2, 0.25) is 5.02 Å². The van der Waals surface area contributed by atoms with Gasteiger partial charge in [0.15, 0.2) is 10.8 Å². The summed E-state index contributed by atoms with van der Waals surface area (Å²) in [5.41, 5.74) is 1.48. The van der Waals surface area contributed by atoms with Crippen LogP contribution in [0.4, 0.5) is 4.39 Å². The Balaban J connectivity index is 1.79. The number of methoxy groups -OCH3 is 1. The number of amides is 1. The van der Waals surface area contributed by atoms with E-state index in [0.717, 1.165) is 0 Å². The Labute approximate surface area is 187 Å². The van der Waals surface area contributed by atoms with Crippen LogP contribution in [0.1, 0.15) is 36.4 Å². The van der Waals surface area contributed by atoms with Gasteiger partial charge in [-0.2, -0.15) is 0 Å². The number of benzene rings is 1. The quantitative estimate of drug-likeness (QED) is 0.664. The van der Waals surface area contributed by atoms with Crippen molar-refractivity contribution >= 4 is 40.6 Å². The molecule has 2 N–H and O–H groups in total. The molecule has 1 aromatic heterocycles. The highest BCUT2D eigenvalue weighted by molar-refractivity contribution is 7.11. The minimum absolute atomic E-state index is 0.0156. The Hall–Kier alpha value is -2.78. The van der Waals surface area contributed by atoms with E-state index in [1.165, 1.54) is 43.6 Å². The van der Waals surface area contributed by atoms with Gasteiger partial charge in [0.05, 0.1) is 12.7 Å². The lowest BCUT2D eigenvalue weighted by Crippen LogP contribution is -2.48. The molecule has 0 bridgehead atoms. The highest BCUT2D eigenvalue weighted by Gasteiger charge is 2.41. The zero-order valence-electron chi connectivity index (χ0n) is 16.8. The first-order valence-corrected chi connectivity index (χ1v) is 10.9. The van der Waals surface area contributed by atoms with Gasteiger partial charge in [-0.15, -0.1) is 11.3 Å². The summed E-state index contributed by atoms with van der Waals surface area (Å²) in [6.07, 6.45) is 2.99. The Bertz CT molecular complexity index is 1080. The van der Waals surface area contributed by atoms with Gasteiger partial charge >= 0.3 is 5.97 Å². The van der Waals surface area contributed by atoms with Crippen molar-refractivity contribution in [3.05, 3.63) is 62.5 Å². The highest BCUT2D eigenvalue weighted by atomic mass is 35.5. The van der Waals surface area contributed by atoms with Crippen LogP contribution in [-0.2, 0) is 14.3 Å². The highest BCUT2D eigenvalue weighted by Crippen LogP contribution is 2.42. The van der Waals surface area contributed by atoms with Crippen LogP contribution in [0, 0.1) is 11.7 Å². The number of nitrogens with one attached hydrogen (secondary N) is 2. The Morgan fingerprint density at radius 2 is 2.13 bits per heavy atom. The lowest BCUT2D eigenvalue weighted by atomic mass is 9.75. The van der Waals surface area contributed by atoms with E-state index in [1.807, 2.05) is 5.38 Å². The number of allylic oxidation sites excluding steroid dienone is 1. The minimum Gasteiger partial charge on any atom is -0.466 e. The van der Waals surface area contributed by atoms with Crippen LogP contribution in [0.15, 0.2) is 46.0 Å². The fraction of sp³-hybridized carbons (Fsp3) is 0.333. The van der Waals surface area contributed by atoms with Crippen molar-refractivity contribution in [3.8, 4) is 0 Å². The third kappa shape index (κ3) is 4.33. The fourth-order valence-electron chi connectivity index (χ4n) is 3.88. The van der Waals surface area contributed by atoms with E-state index < -0.39 is 17.8 Å². The molecule has 1 unspecified atom stereocenters. The zero-order valence-corrected chi connectivity index (χ0v) is 18.4. The van der Waals surface area contributed by atoms with Crippen molar-refractivity contribution < 1.29 is 18.7 Å². The van der Waals surface area contributed by atoms with Crippen LogP contribution in [-0.4, -0.2) is 35.8 Å². The number of carbonyl (C=O) groups excluding carboxylic acids is 2. The van der Waals surface area contributed by atoms with Gasteiger partial charge < -0.3 is 15.4 Å². The average Bonchev–Trinajstić information content (AvgIpc) is 3.24. The molecule has 1 saturated carbocycles. The molecule has 1 aliphatic heterocycles. The molecule has 2 aliphatic rings. The second-order valence-electron chi connectivity index (χ2n) is 7.39. The maximum Gasteiger partial charge on any atom is 0.338 e. The molecule has 2 heterocycles. The number of nitrogens with zero attached hydrogens (tertiary/aromatic N) is 2. The molecular weight excluding hydrogens is 443 g/mol. The van der Waals surface area contributed by atoms with Crippen LogP contribution < -0.4 is 10.6 Å². The number of thiazole rings is 1. The van der Waals surface area contributed by atoms with E-state index >= 15 is 0 Å². The number of hydrogen-bond acceptors (Lipinski definition) is 7. The van der Waals surface area contributed by atoms with Gasteiger partial charge in [0.1, 0.15) is 11.9 Å². The van der Waals surface area contributed by atoms with Crippen LogP contribution in [0.25, 0.3) is 0 Å². The first-order valence-electron chi connectivity index (χ1n) is 9.66. The Morgan fingerprint density at radius 3 is 2.74 bits per heavy atom. The van der Waals surface area contributed by atoms with Crippen molar-refractivity contribution in [2.24, 2.45) is 10.9 Å². The Morgan fingerprint density at radius 1 is 1.35 bits per heavy atom. The van der Waals surface area contributed by atoms with E-state index in [9.17, 15) is 14.0 Å². The van der Waals surface area contributed by atoms with Crippen molar-refractivity contribution in [2.75, 3.05) is 7.11 Å². The third-order valence-corrected chi connectivity index (χ3v) is 6.43. The van der Waals surface area contributed by atoms with E-state index in [-0.39, 0.29) is 22.9 Å². The molecule has 0 saturated heterocycles. The molecule has 0 radical (unpaired) electrons. The number of rotatable bonds is 5. The maximum atomic E-state index is 13.7. The predicted octanol–water partition coefficient (Wildman–Crippen LogP) is 3.37. The number of hydrogen-bond donors (Lipinski definition) is 2. The zero-order chi connectivity index (χ0) is 22.1. The molecule has 31 heavy (non-hydrogen) atoms. The van der Waals surface area contributed by atoms with Gasteiger partial charge in [0.25, 0.3) is 0 Å². The van der Waals surface area contributed by atoms with Gasteiger partial charge in [-0.25, -0.2) is 14.2 Å². The van der Waals surface area contributed by atoms with Gasteiger partial charge in [0.2, 0.25) is 5.91 Å². The topological polar surface area (TPSA) is 92.7 Å². The van der Waals surface area contributed by atoms with Crippen molar-refractivity contribution in [2.45, 2.75) is 31.8 Å². The normalized spacial score (nSPS) is 22.8. The summed E-state index contributed by atoms with van der Waals surface area (Å²) < 4.78 is 18.7. The molecule has 7 nitrogen and oxygen atoms in total. The first kappa shape index (κ1) is 21.5. The number of ether oxygens (including phenoxy) is 1. The van der Waals surface area contributed by atoms with E-state index in [1.54, 1.807) is 6.20 Å². The lowest BCUT2D eigenvalue weighted by Gasteiger charge is -2.40. The number of aliphatic imine (C=N–C) groups is 1. The SMILES string of the molecule is COC(=O)C1=C([C@H]2C[C@H](NC(C)=O)C2)NC(c2nccs2)=NC1c1ccc(F)cc1Cl. The second-order valence-corrected chi connectivity index (χ2v) is 8.69. The van der Waals surface area contributed by atoms with E-state index in [0.29, 0.717) is 40.5 Å². The number of aromatic nitrogens is 1. The molecule has 162 valence electrons. The summed E-state index contributed by atoms with van der Waals surface area (Å²) in [5.74, 6) is -0.627. The maximum absolute atomic E-state index is 13.7. The third-order valence-electron chi connectivity index (χ3n) is 5.33. The number of esters is 1. The molecule has 2 aromatic rings. The largest absolute Gasteiger partial charge is 0.466 e. The lowest BCUT2D eigenvalue weighted by molar-refractivity contribution is -0.136. The van der Waals surface area contributed by atoms with Gasteiger partial charge in [-0.05, 0) is 25.0 Å². The average molecular weight is 463 g/mol. The van der Waals surface area contributed by atoms with Gasteiger partial charge in [0, 0.05) is 46.7 Å². The van der Waals surface area contributed by atoms with Crippen LogP contribution in [0.3, 0.4) is 0 Å². The summed E-state index contributed by atoms with van der Waals surface area (Å²) in [6, 6.07) is 3.26. The fourth-order valence-corrected chi connectivity index (χ4v) is 4.74. The second kappa shape index (κ2) is 8.76. The molecular formula is C21H20ClFN4O3S. The summed E-state index contributed by atoms with van der Waals surface area (Å²) in [6.45, 7) is 1.48. The molecule has 1 aliphatic carbocycles. The van der Waals surface area contributed by atoms with Gasteiger partial charge in [-0.1, -0.05) is 17.7 Å². The van der Waals surface area contributed by atoms with Crippen molar-refractivity contribution in [3.63, 3.8) is 0 Å². The Kier molecular flexibility index (Phi) is 6.06. The molecule has 10 heteroatoms. The van der Waals surface area contributed by atoms with E-state index in [2.05, 4.69) is 15.6 Å². The van der Waals surface area contributed by atoms with Gasteiger partial charge in [-0.3, -0.25) is 9.79 Å². The summed E-state index contributed by atoms with van der Waals surface area (Å²) in [4.78, 5) is 33.3. The molecule has 1 aromatic carbocycles. The molecule has 1 amide bonds. The minimum atomic E-state index is -0.782. The number of amidine groups is 1. The summed E-state index contributed by atoms with van der Waals surface area (Å²) in [7, 11) is 1.30. The van der Waals surface area contributed by atoms with Crippen molar-refractivity contribution in [1.29, 1.82) is 0 Å². The first-order chi connectivity index (χ1) is 14.9. The molecule has 0 spiro atoms. The van der Waals surface area contributed by atoms with E-state index in [4.69, 9.17) is 21.3 Å². The molecule has 1 atom stereocenters. The summed E-state index contributed by atoms with van der Waals surface area (Å²) in [5, 5.41) is 8.82. The molecule has 1 fully saturated rings. The monoisotopic (exact) mass is 462 g/mol. The smallest absolute Gasteiger partial charge is 0.338 e. The van der Waals surface area contributed by atoms with Crippen molar-refractivity contribution in [1.82, 2.24) is 15.6 Å². The standard InChI is InChI=1S/C21H20ClFN4O3S/c1-10(28)25-13-7-11(8-13)17-16(21(29)30-2)18(14-4-3-12(23)9-15(14)22)27-19(26-17)20-24-5-6-31-20/h3-6,9,11,13,18H,7-8H2,1-2H3,(H,25,28)(H,26,27)/t11-,13-,18?. The predicted molar refractivity (Wildman–Crippen MR) is 115 cm³/mol. The number of carbonyl (C=O) groups is 2. The summed E-state index contributed by atoms with van der Waals surface area (Å²) >= 11 is 7.74.